The minimum Gasteiger partial charge on any atom is -0.356 e. The lowest BCUT2D eigenvalue weighted by atomic mass is 10.2. The highest BCUT2D eigenvalue weighted by Gasteiger charge is 2.07. The van der Waals surface area contributed by atoms with Crippen molar-refractivity contribution in [2.45, 2.75) is 0 Å². The first-order valence-corrected chi connectivity index (χ1v) is 8.22. The number of hydrogen-bond acceptors (Lipinski definition) is 2. The van der Waals surface area contributed by atoms with E-state index in [1.54, 1.807) is 0 Å². The van der Waals surface area contributed by atoms with E-state index >= 15 is 0 Å². The van der Waals surface area contributed by atoms with Gasteiger partial charge >= 0.3 is 0 Å². The summed E-state index contributed by atoms with van der Waals surface area (Å²) in [6.45, 7) is 0.858. The maximum absolute atomic E-state index is 3.46. The molecule has 0 atom stereocenters. The van der Waals surface area contributed by atoms with Crippen molar-refractivity contribution in [3.05, 3.63) is 81.5 Å². The lowest BCUT2D eigenvalue weighted by molar-refractivity contribution is 1.06. The lowest BCUT2D eigenvalue weighted by Gasteiger charge is -2.23. The fourth-order valence-corrected chi connectivity index (χ4v) is 2.64. The third-order valence-corrected chi connectivity index (χ3v) is 4.29. The molecule has 0 saturated heterocycles. The summed E-state index contributed by atoms with van der Waals surface area (Å²) in [6, 6.07) is 16.5. The van der Waals surface area contributed by atoms with Crippen molar-refractivity contribution in [1.29, 1.82) is 0 Å². The van der Waals surface area contributed by atoms with Crippen LogP contribution in [0.5, 0.6) is 0 Å². The molecule has 1 N–H and O–H groups in total. The standard InChI is InChI=1S/C17H14Br2N2/c18-13-1-5-15(6-2-13)20-16-9-11-21(12-10-16)17-7-3-14(19)4-8-17/h1-11,20H,12H2. The third kappa shape index (κ3) is 3.77. The van der Waals surface area contributed by atoms with Crippen LogP contribution in [0.2, 0.25) is 0 Å². The molecule has 0 amide bonds. The van der Waals surface area contributed by atoms with Crippen LogP contribution in [-0.2, 0) is 0 Å². The molecule has 2 aromatic rings. The predicted molar refractivity (Wildman–Crippen MR) is 96.5 cm³/mol. The number of nitrogens with one attached hydrogen (secondary N) is 1. The fourth-order valence-electron chi connectivity index (χ4n) is 2.11. The molecule has 4 heteroatoms. The number of nitrogens with zero attached hydrogens (tertiary/aromatic N) is 1. The van der Waals surface area contributed by atoms with E-state index in [2.05, 4.69) is 96.8 Å². The summed E-state index contributed by atoms with van der Waals surface area (Å²) in [4.78, 5) is 2.21. The molecule has 0 spiro atoms. The van der Waals surface area contributed by atoms with Gasteiger partial charge in [-0.3, -0.25) is 0 Å². The Morgan fingerprint density at radius 1 is 0.857 bits per heavy atom. The number of hydrogen-bond donors (Lipinski definition) is 1. The van der Waals surface area contributed by atoms with E-state index in [0.717, 1.165) is 26.9 Å². The topological polar surface area (TPSA) is 15.3 Å². The molecule has 0 fully saturated rings. The fraction of sp³-hybridized carbons (Fsp3) is 0.0588. The van der Waals surface area contributed by atoms with Gasteiger partial charge in [0.05, 0.1) is 0 Å². The maximum Gasteiger partial charge on any atom is 0.0429 e. The van der Waals surface area contributed by atoms with Crippen molar-refractivity contribution in [1.82, 2.24) is 0 Å². The van der Waals surface area contributed by atoms with Gasteiger partial charge in [0.25, 0.3) is 0 Å². The third-order valence-electron chi connectivity index (χ3n) is 3.23. The number of benzene rings is 2. The number of rotatable bonds is 3. The molecule has 1 aliphatic heterocycles. The molecule has 1 aliphatic rings. The second kappa shape index (κ2) is 6.50. The van der Waals surface area contributed by atoms with Crippen LogP contribution in [0.4, 0.5) is 11.4 Å². The first-order chi connectivity index (χ1) is 10.2. The van der Waals surface area contributed by atoms with Crippen molar-refractivity contribution < 1.29 is 0 Å². The van der Waals surface area contributed by atoms with Crippen LogP contribution in [0.25, 0.3) is 0 Å². The van der Waals surface area contributed by atoms with Crippen LogP contribution < -0.4 is 10.2 Å². The van der Waals surface area contributed by atoms with Gasteiger partial charge < -0.3 is 10.2 Å². The molecule has 0 bridgehead atoms. The van der Waals surface area contributed by atoms with Crippen molar-refractivity contribution in [3.63, 3.8) is 0 Å². The maximum atomic E-state index is 3.46. The molecule has 3 rings (SSSR count). The van der Waals surface area contributed by atoms with Gasteiger partial charge in [-0.05, 0) is 60.7 Å². The Morgan fingerprint density at radius 3 is 2.05 bits per heavy atom. The van der Waals surface area contributed by atoms with Gasteiger partial charge in [0, 0.05) is 38.8 Å². The van der Waals surface area contributed by atoms with Gasteiger partial charge in [0.2, 0.25) is 0 Å². The summed E-state index contributed by atoms with van der Waals surface area (Å²) in [5, 5.41) is 3.41. The van der Waals surface area contributed by atoms with E-state index in [1.165, 1.54) is 5.69 Å². The van der Waals surface area contributed by atoms with Crippen molar-refractivity contribution in [2.75, 3.05) is 16.8 Å². The zero-order valence-corrected chi connectivity index (χ0v) is 14.4. The van der Waals surface area contributed by atoms with Gasteiger partial charge in [-0.15, -0.1) is 0 Å². The molecule has 2 aromatic carbocycles. The van der Waals surface area contributed by atoms with E-state index in [0.29, 0.717) is 0 Å². The summed E-state index contributed by atoms with van der Waals surface area (Å²) < 4.78 is 2.18. The smallest absolute Gasteiger partial charge is 0.0429 e. The molecule has 106 valence electrons. The first kappa shape index (κ1) is 14.4. The van der Waals surface area contributed by atoms with Gasteiger partial charge in [-0.2, -0.15) is 0 Å². The summed E-state index contributed by atoms with van der Waals surface area (Å²) >= 11 is 6.90. The average molecular weight is 406 g/mol. The molecular weight excluding hydrogens is 392 g/mol. The SMILES string of the molecule is Brc1ccc(NC2=CCN(c3ccc(Br)cc3)C=C2)cc1. The van der Waals surface area contributed by atoms with Gasteiger partial charge in [0.1, 0.15) is 0 Å². The molecule has 1 heterocycles. The molecule has 0 aromatic heterocycles. The zero-order valence-electron chi connectivity index (χ0n) is 11.3. The minimum atomic E-state index is 0.858. The predicted octanol–water partition coefficient (Wildman–Crippen LogP) is 5.54. The van der Waals surface area contributed by atoms with Crippen molar-refractivity contribution >= 4 is 43.2 Å². The quantitative estimate of drug-likeness (QED) is 0.720. The average Bonchev–Trinajstić information content (AvgIpc) is 2.51. The number of halogens is 2. The molecule has 21 heavy (non-hydrogen) atoms. The molecule has 0 aliphatic carbocycles. The van der Waals surface area contributed by atoms with Crippen LogP contribution in [0, 0.1) is 0 Å². The largest absolute Gasteiger partial charge is 0.356 e. The monoisotopic (exact) mass is 404 g/mol. The van der Waals surface area contributed by atoms with Crippen LogP contribution >= 0.6 is 31.9 Å². The molecule has 0 unspecified atom stereocenters. The molecular formula is C17H14Br2N2. The van der Waals surface area contributed by atoms with E-state index < -0.39 is 0 Å². The van der Waals surface area contributed by atoms with Gasteiger partial charge in [-0.25, -0.2) is 0 Å². The normalized spacial score (nSPS) is 14.0. The zero-order chi connectivity index (χ0) is 14.7. The second-order valence-electron chi connectivity index (χ2n) is 4.74. The Bertz CT molecular complexity index is 673. The highest BCUT2D eigenvalue weighted by Crippen LogP contribution is 2.22. The Hall–Kier alpha value is -1.52. The Kier molecular flexibility index (Phi) is 4.46. The summed E-state index contributed by atoms with van der Waals surface area (Å²) in [5.74, 6) is 0. The summed E-state index contributed by atoms with van der Waals surface area (Å²) in [5.41, 5.74) is 3.39. The van der Waals surface area contributed by atoms with Crippen LogP contribution in [-0.4, -0.2) is 6.54 Å². The van der Waals surface area contributed by atoms with Gasteiger partial charge in [0.15, 0.2) is 0 Å². The molecule has 0 saturated carbocycles. The Morgan fingerprint density at radius 2 is 1.48 bits per heavy atom. The minimum absolute atomic E-state index is 0.858. The highest BCUT2D eigenvalue weighted by atomic mass is 79.9. The van der Waals surface area contributed by atoms with E-state index in [1.807, 2.05) is 12.1 Å². The van der Waals surface area contributed by atoms with Crippen LogP contribution in [0.15, 0.2) is 81.5 Å². The Labute approximate surface area is 141 Å². The highest BCUT2D eigenvalue weighted by molar-refractivity contribution is 9.10. The van der Waals surface area contributed by atoms with Crippen LogP contribution in [0.3, 0.4) is 0 Å². The number of allylic oxidation sites excluding steroid dienone is 1. The molecule has 2 nitrogen and oxygen atoms in total. The molecule has 0 radical (unpaired) electrons. The van der Waals surface area contributed by atoms with E-state index in [-0.39, 0.29) is 0 Å². The van der Waals surface area contributed by atoms with Crippen molar-refractivity contribution in [3.8, 4) is 0 Å². The number of anilines is 2. The van der Waals surface area contributed by atoms with Crippen LogP contribution in [0.1, 0.15) is 0 Å². The lowest BCUT2D eigenvalue weighted by Crippen LogP contribution is -2.20. The van der Waals surface area contributed by atoms with E-state index in [4.69, 9.17) is 0 Å². The van der Waals surface area contributed by atoms with Crippen molar-refractivity contribution in [2.24, 2.45) is 0 Å². The summed E-state index contributed by atoms with van der Waals surface area (Å²) in [7, 11) is 0. The Balaban J connectivity index is 1.66. The first-order valence-electron chi connectivity index (χ1n) is 6.64. The van der Waals surface area contributed by atoms with E-state index in [9.17, 15) is 0 Å². The van der Waals surface area contributed by atoms with Gasteiger partial charge in [-0.1, -0.05) is 31.9 Å². The second-order valence-corrected chi connectivity index (χ2v) is 6.57. The summed E-state index contributed by atoms with van der Waals surface area (Å²) in [6.07, 6.45) is 6.38.